The van der Waals surface area contributed by atoms with Crippen LogP contribution in [-0.2, 0) is 20.1 Å². The summed E-state index contributed by atoms with van der Waals surface area (Å²) in [4.78, 5) is 13.1. The van der Waals surface area contributed by atoms with Crippen LogP contribution in [0.5, 0.6) is 0 Å². The standard InChI is InChI=1S/C16H12N2.C11H7FN.CH4.Ir/c1-2-7-13(8-3-1)14-10-6-11-16(18-14)15-9-4-5-12-17-15;12-10-5-3-4-9(8-10)11-6-1-2-7-13-11;;/h1-12H;1-7H;1H4;/q;-1;;. The second-order valence-electron chi connectivity index (χ2n) is 6.62. The van der Waals surface area contributed by atoms with Gasteiger partial charge in [-0.15, -0.1) is 29.8 Å². The fourth-order valence-electron chi connectivity index (χ4n) is 2.97. The van der Waals surface area contributed by atoms with Crippen LogP contribution in [-0.4, -0.2) is 15.0 Å². The van der Waals surface area contributed by atoms with Crippen molar-refractivity contribution >= 4 is 0 Å². The maximum atomic E-state index is 12.8. The van der Waals surface area contributed by atoms with Gasteiger partial charge in [0.05, 0.1) is 17.1 Å². The van der Waals surface area contributed by atoms with E-state index < -0.39 is 0 Å². The molecule has 3 aromatic heterocycles. The SMILES string of the molecule is C.Fc1[c-]c(-c2ccccn2)ccc1.[Ir].c1ccc(-c2cccc(-c3ccccn3)n2)cc1. The number of halogens is 1. The smallest absolute Gasteiger partial charge is 0.0893 e. The van der Waals surface area contributed by atoms with Crippen LogP contribution >= 0.6 is 0 Å². The van der Waals surface area contributed by atoms with Gasteiger partial charge in [0.1, 0.15) is 0 Å². The average molecular weight is 613 g/mol. The predicted octanol–water partition coefficient (Wildman–Crippen LogP) is 7.13. The summed E-state index contributed by atoms with van der Waals surface area (Å²) in [5.74, 6) is -0.358. The summed E-state index contributed by atoms with van der Waals surface area (Å²) in [7, 11) is 0. The number of pyridine rings is 3. The van der Waals surface area contributed by atoms with Crippen LogP contribution in [0.25, 0.3) is 33.9 Å². The van der Waals surface area contributed by atoms with Crippen molar-refractivity contribution in [2.75, 3.05) is 0 Å². The number of hydrogen-bond donors (Lipinski definition) is 0. The van der Waals surface area contributed by atoms with E-state index in [2.05, 4.69) is 33.2 Å². The molecule has 0 N–H and O–H groups in total. The molecule has 3 nitrogen and oxygen atoms in total. The van der Waals surface area contributed by atoms with E-state index in [0.29, 0.717) is 5.56 Å². The third kappa shape index (κ3) is 7.25. The van der Waals surface area contributed by atoms with Gasteiger partial charge in [-0.05, 0) is 36.0 Å². The first-order valence-electron chi connectivity index (χ1n) is 9.83. The van der Waals surface area contributed by atoms with E-state index in [4.69, 9.17) is 0 Å². The molecule has 0 amide bonds. The molecule has 0 aliphatic carbocycles. The molecule has 33 heavy (non-hydrogen) atoms. The Bertz CT molecular complexity index is 1180. The molecule has 0 bridgehead atoms. The van der Waals surface area contributed by atoms with Crippen molar-refractivity contribution in [1.29, 1.82) is 0 Å². The molecule has 0 unspecified atom stereocenters. The maximum Gasteiger partial charge on any atom is 0.0893 e. The van der Waals surface area contributed by atoms with E-state index in [1.807, 2.05) is 72.8 Å². The minimum absolute atomic E-state index is 0. The van der Waals surface area contributed by atoms with Gasteiger partial charge in [0.25, 0.3) is 0 Å². The van der Waals surface area contributed by atoms with Gasteiger partial charge in [-0.25, -0.2) is 9.37 Å². The second kappa shape index (κ2) is 13.1. The molecule has 0 saturated carbocycles. The van der Waals surface area contributed by atoms with E-state index in [9.17, 15) is 4.39 Å². The molecular weight excluding hydrogens is 590 g/mol. The summed E-state index contributed by atoms with van der Waals surface area (Å²) in [5, 5.41) is 0. The Labute approximate surface area is 207 Å². The zero-order valence-corrected chi connectivity index (χ0v) is 19.4. The van der Waals surface area contributed by atoms with Crippen LogP contribution in [0, 0.1) is 11.9 Å². The Morgan fingerprint density at radius 3 is 1.76 bits per heavy atom. The van der Waals surface area contributed by atoms with Gasteiger partial charge < -0.3 is 4.98 Å². The molecule has 0 aliphatic rings. The van der Waals surface area contributed by atoms with Crippen LogP contribution in [0.2, 0.25) is 0 Å². The number of benzene rings is 2. The van der Waals surface area contributed by atoms with Crippen molar-refractivity contribution in [3.8, 4) is 33.9 Å². The fraction of sp³-hybridized carbons (Fsp3) is 0.0357. The van der Waals surface area contributed by atoms with Crippen LogP contribution in [0.4, 0.5) is 4.39 Å². The van der Waals surface area contributed by atoms with Gasteiger partial charge in [0, 0.05) is 43.9 Å². The van der Waals surface area contributed by atoms with Crippen LogP contribution in [0.1, 0.15) is 7.43 Å². The van der Waals surface area contributed by atoms with E-state index in [-0.39, 0.29) is 33.3 Å². The molecular formula is C28H23FIrN3-. The second-order valence-corrected chi connectivity index (χ2v) is 6.62. The topological polar surface area (TPSA) is 38.7 Å². The normalized spacial score (nSPS) is 9.48. The number of hydrogen-bond acceptors (Lipinski definition) is 3. The van der Waals surface area contributed by atoms with E-state index in [1.54, 1.807) is 24.5 Å². The summed E-state index contributed by atoms with van der Waals surface area (Å²) in [5.41, 5.74) is 5.31. The van der Waals surface area contributed by atoms with Crippen molar-refractivity contribution in [3.63, 3.8) is 0 Å². The molecule has 3 heterocycles. The molecule has 1 radical (unpaired) electrons. The molecule has 5 rings (SSSR count). The van der Waals surface area contributed by atoms with Gasteiger partial charge in [-0.2, -0.15) is 0 Å². The monoisotopic (exact) mass is 613 g/mol. The molecule has 0 fully saturated rings. The van der Waals surface area contributed by atoms with Crippen molar-refractivity contribution in [2.24, 2.45) is 0 Å². The molecule has 167 valence electrons. The minimum atomic E-state index is -0.358. The molecule has 0 aliphatic heterocycles. The molecule has 5 aromatic rings. The zero-order valence-electron chi connectivity index (χ0n) is 17.0. The zero-order chi connectivity index (χ0) is 21.3. The summed E-state index contributed by atoms with van der Waals surface area (Å²) >= 11 is 0. The van der Waals surface area contributed by atoms with Gasteiger partial charge in [0.2, 0.25) is 0 Å². The Morgan fingerprint density at radius 1 is 0.545 bits per heavy atom. The van der Waals surface area contributed by atoms with E-state index >= 15 is 0 Å². The first kappa shape index (κ1) is 25.7. The molecule has 2 aromatic carbocycles. The van der Waals surface area contributed by atoms with Crippen molar-refractivity contribution < 1.29 is 24.5 Å². The minimum Gasteiger partial charge on any atom is -0.305 e. The summed E-state index contributed by atoms with van der Waals surface area (Å²) in [6.45, 7) is 0. The first-order chi connectivity index (χ1) is 15.3. The predicted molar refractivity (Wildman–Crippen MR) is 128 cm³/mol. The molecule has 5 heteroatoms. The van der Waals surface area contributed by atoms with Crippen molar-refractivity contribution in [3.05, 3.63) is 127 Å². The third-order valence-corrected chi connectivity index (χ3v) is 4.45. The summed E-state index contributed by atoms with van der Waals surface area (Å²) < 4.78 is 12.8. The number of aromatic nitrogens is 3. The Morgan fingerprint density at radius 2 is 1.12 bits per heavy atom. The molecule has 0 spiro atoms. The quantitative estimate of drug-likeness (QED) is 0.204. The summed E-state index contributed by atoms with van der Waals surface area (Å²) in [6.07, 6.45) is 3.46. The van der Waals surface area contributed by atoms with E-state index in [1.165, 1.54) is 6.07 Å². The number of rotatable bonds is 3. The maximum absolute atomic E-state index is 12.8. The van der Waals surface area contributed by atoms with E-state index in [0.717, 1.165) is 28.3 Å². The molecule has 0 atom stereocenters. The van der Waals surface area contributed by atoms with Gasteiger partial charge >= 0.3 is 0 Å². The summed E-state index contributed by atoms with van der Waals surface area (Å²) in [6, 6.07) is 34.9. The Kier molecular flexibility index (Phi) is 10.2. The fourth-order valence-corrected chi connectivity index (χ4v) is 2.97. The van der Waals surface area contributed by atoms with Crippen molar-refractivity contribution in [2.45, 2.75) is 7.43 Å². The van der Waals surface area contributed by atoms with Gasteiger partial charge in [0.15, 0.2) is 0 Å². The van der Waals surface area contributed by atoms with Gasteiger partial charge in [-0.1, -0.05) is 62.0 Å². The molecule has 0 saturated heterocycles. The van der Waals surface area contributed by atoms with Gasteiger partial charge in [-0.3, -0.25) is 4.98 Å². The Balaban J connectivity index is 0.000000230. The third-order valence-electron chi connectivity index (χ3n) is 4.45. The van der Waals surface area contributed by atoms with Crippen LogP contribution in [0.3, 0.4) is 0 Å². The van der Waals surface area contributed by atoms with Crippen LogP contribution in [0.15, 0.2) is 116 Å². The first-order valence-corrected chi connectivity index (χ1v) is 9.83. The largest absolute Gasteiger partial charge is 0.305 e. The number of nitrogens with zero attached hydrogens (tertiary/aromatic N) is 3. The Hall–Kier alpha value is -3.53. The van der Waals surface area contributed by atoms with Crippen molar-refractivity contribution in [1.82, 2.24) is 15.0 Å². The van der Waals surface area contributed by atoms with Crippen LogP contribution < -0.4 is 0 Å². The average Bonchev–Trinajstić information content (AvgIpc) is 2.86.